The van der Waals surface area contributed by atoms with Gasteiger partial charge in [0, 0.05) is 30.0 Å². The lowest BCUT2D eigenvalue weighted by Gasteiger charge is -2.14. The van der Waals surface area contributed by atoms with Crippen molar-refractivity contribution in [1.29, 1.82) is 0 Å². The van der Waals surface area contributed by atoms with Crippen LogP contribution in [0.5, 0.6) is 0 Å². The van der Waals surface area contributed by atoms with E-state index in [0.29, 0.717) is 11.6 Å². The van der Waals surface area contributed by atoms with Crippen molar-refractivity contribution in [1.82, 2.24) is 10.3 Å². The minimum absolute atomic E-state index is 0.176. The molecular weight excluding hydrogens is 251 g/mol. The standard InChI is InChI=1S/C14H14ClFN2/c1-10(12-2-4-17-5-3-12)18-9-11-6-13(15)8-14(16)7-11/h2-8,10,18H,9H2,1H3/t10-/m0/s1. The van der Waals surface area contributed by atoms with Gasteiger partial charge in [0.25, 0.3) is 0 Å². The van der Waals surface area contributed by atoms with Crippen LogP contribution >= 0.6 is 11.6 Å². The molecule has 0 aliphatic rings. The molecule has 2 rings (SSSR count). The first-order chi connectivity index (χ1) is 8.65. The van der Waals surface area contributed by atoms with E-state index in [1.807, 2.05) is 12.1 Å². The molecular formula is C14H14ClFN2. The molecule has 1 atom stereocenters. The molecule has 0 saturated carbocycles. The first-order valence-corrected chi connectivity index (χ1v) is 6.11. The van der Waals surface area contributed by atoms with E-state index in [1.54, 1.807) is 18.5 Å². The van der Waals surface area contributed by atoms with Crippen LogP contribution in [0.4, 0.5) is 4.39 Å². The summed E-state index contributed by atoms with van der Waals surface area (Å²) in [5.41, 5.74) is 1.98. The van der Waals surface area contributed by atoms with Crippen molar-refractivity contribution in [3.63, 3.8) is 0 Å². The Morgan fingerprint density at radius 3 is 2.67 bits per heavy atom. The quantitative estimate of drug-likeness (QED) is 0.910. The van der Waals surface area contributed by atoms with Crippen molar-refractivity contribution in [3.05, 3.63) is 64.7 Å². The first-order valence-electron chi connectivity index (χ1n) is 5.73. The van der Waals surface area contributed by atoms with Gasteiger partial charge in [-0.05, 0) is 48.4 Å². The molecule has 0 saturated heterocycles. The van der Waals surface area contributed by atoms with Crippen molar-refractivity contribution in [3.8, 4) is 0 Å². The van der Waals surface area contributed by atoms with Gasteiger partial charge in [-0.15, -0.1) is 0 Å². The van der Waals surface area contributed by atoms with Crippen LogP contribution in [0, 0.1) is 5.82 Å². The fourth-order valence-corrected chi connectivity index (χ4v) is 2.00. The summed E-state index contributed by atoms with van der Waals surface area (Å²) in [5.74, 6) is -0.309. The van der Waals surface area contributed by atoms with Gasteiger partial charge < -0.3 is 5.32 Å². The van der Waals surface area contributed by atoms with Crippen LogP contribution < -0.4 is 5.32 Å². The lowest BCUT2D eigenvalue weighted by Crippen LogP contribution is -2.18. The van der Waals surface area contributed by atoms with Crippen LogP contribution in [0.3, 0.4) is 0 Å². The molecule has 0 aliphatic heterocycles. The van der Waals surface area contributed by atoms with Gasteiger partial charge in [-0.1, -0.05) is 11.6 Å². The Labute approximate surface area is 111 Å². The molecule has 0 bridgehead atoms. The smallest absolute Gasteiger partial charge is 0.125 e. The Kier molecular flexibility index (Phi) is 4.28. The van der Waals surface area contributed by atoms with Gasteiger partial charge in [0.1, 0.15) is 5.82 Å². The van der Waals surface area contributed by atoms with Crippen molar-refractivity contribution in [2.24, 2.45) is 0 Å². The molecule has 4 heteroatoms. The predicted octanol–water partition coefficient (Wildman–Crippen LogP) is 3.72. The summed E-state index contributed by atoms with van der Waals surface area (Å²) in [6, 6.07) is 8.63. The maximum atomic E-state index is 13.2. The van der Waals surface area contributed by atoms with Crippen molar-refractivity contribution < 1.29 is 4.39 Å². The number of benzene rings is 1. The normalized spacial score (nSPS) is 12.4. The second kappa shape index (κ2) is 5.94. The molecule has 0 amide bonds. The Hall–Kier alpha value is -1.45. The summed E-state index contributed by atoms with van der Waals surface area (Å²) in [4.78, 5) is 3.97. The molecule has 1 aromatic heterocycles. The zero-order chi connectivity index (χ0) is 13.0. The zero-order valence-corrected chi connectivity index (χ0v) is 10.8. The van der Waals surface area contributed by atoms with E-state index in [1.165, 1.54) is 12.1 Å². The molecule has 0 fully saturated rings. The average Bonchev–Trinajstić information content (AvgIpc) is 2.36. The monoisotopic (exact) mass is 264 g/mol. The minimum Gasteiger partial charge on any atom is -0.306 e. The predicted molar refractivity (Wildman–Crippen MR) is 70.9 cm³/mol. The van der Waals surface area contributed by atoms with Gasteiger partial charge in [-0.25, -0.2) is 4.39 Å². The topological polar surface area (TPSA) is 24.9 Å². The van der Waals surface area contributed by atoms with Crippen molar-refractivity contribution in [2.75, 3.05) is 0 Å². The SMILES string of the molecule is C[C@H](NCc1cc(F)cc(Cl)c1)c1ccncc1. The molecule has 18 heavy (non-hydrogen) atoms. The summed E-state index contributed by atoms with van der Waals surface area (Å²) in [5, 5.41) is 3.74. The number of aromatic nitrogens is 1. The number of nitrogens with one attached hydrogen (secondary N) is 1. The largest absolute Gasteiger partial charge is 0.306 e. The number of rotatable bonds is 4. The third-order valence-corrected chi connectivity index (χ3v) is 2.96. The van der Waals surface area contributed by atoms with Crippen LogP contribution in [0.25, 0.3) is 0 Å². The Balaban J connectivity index is 1.99. The van der Waals surface area contributed by atoms with E-state index in [0.717, 1.165) is 11.1 Å². The van der Waals surface area contributed by atoms with Crippen LogP contribution in [0.2, 0.25) is 5.02 Å². The molecule has 1 aromatic carbocycles. The summed E-state index contributed by atoms with van der Waals surface area (Å²) < 4.78 is 13.2. The van der Waals surface area contributed by atoms with Gasteiger partial charge >= 0.3 is 0 Å². The van der Waals surface area contributed by atoms with Gasteiger partial charge in [-0.2, -0.15) is 0 Å². The molecule has 0 aliphatic carbocycles. The van der Waals surface area contributed by atoms with Crippen LogP contribution in [-0.2, 0) is 6.54 Å². The van der Waals surface area contributed by atoms with Crippen molar-refractivity contribution in [2.45, 2.75) is 19.5 Å². The second-order valence-corrected chi connectivity index (χ2v) is 4.60. The maximum Gasteiger partial charge on any atom is 0.125 e. The molecule has 0 radical (unpaired) electrons. The summed E-state index contributed by atoms with van der Waals surface area (Å²) in [6.07, 6.45) is 3.51. The molecule has 1 heterocycles. The van der Waals surface area contributed by atoms with E-state index in [4.69, 9.17) is 11.6 Å². The highest BCUT2D eigenvalue weighted by Gasteiger charge is 2.05. The Morgan fingerprint density at radius 1 is 1.28 bits per heavy atom. The molecule has 2 aromatic rings. The molecule has 0 unspecified atom stereocenters. The number of hydrogen-bond acceptors (Lipinski definition) is 2. The van der Waals surface area contributed by atoms with Gasteiger partial charge in [0.15, 0.2) is 0 Å². The second-order valence-electron chi connectivity index (χ2n) is 4.16. The zero-order valence-electron chi connectivity index (χ0n) is 10.0. The summed E-state index contributed by atoms with van der Waals surface area (Å²) in [6.45, 7) is 2.62. The minimum atomic E-state index is -0.309. The van der Waals surface area contributed by atoms with Gasteiger partial charge in [0.2, 0.25) is 0 Å². The number of halogens is 2. The highest BCUT2D eigenvalue weighted by molar-refractivity contribution is 6.30. The van der Waals surface area contributed by atoms with E-state index < -0.39 is 0 Å². The van der Waals surface area contributed by atoms with Gasteiger partial charge in [0.05, 0.1) is 0 Å². The molecule has 94 valence electrons. The Bertz CT molecular complexity index is 496. The van der Waals surface area contributed by atoms with E-state index >= 15 is 0 Å². The molecule has 0 spiro atoms. The third kappa shape index (κ3) is 3.52. The van der Waals surface area contributed by atoms with E-state index in [2.05, 4.69) is 17.2 Å². The van der Waals surface area contributed by atoms with Crippen LogP contribution in [0.1, 0.15) is 24.1 Å². The van der Waals surface area contributed by atoms with Crippen molar-refractivity contribution >= 4 is 11.6 Å². The number of hydrogen-bond donors (Lipinski definition) is 1. The molecule has 2 nitrogen and oxygen atoms in total. The average molecular weight is 265 g/mol. The summed E-state index contributed by atoms with van der Waals surface area (Å²) >= 11 is 5.81. The maximum absolute atomic E-state index is 13.2. The fraction of sp³-hybridized carbons (Fsp3) is 0.214. The highest BCUT2D eigenvalue weighted by atomic mass is 35.5. The van der Waals surface area contributed by atoms with E-state index in [9.17, 15) is 4.39 Å². The van der Waals surface area contributed by atoms with Gasteiger partial charge in [-0.3, -0.25) is 4.98 Å². The number of nitrogens with zero attached hydrogens (tertiary/aromatic N) is 1. The van der Waals surface area contributed by atoms with Crippen LogP contribution in [0.15, 0.2) is 42.7 Å². The molecule has 1 N–H and O–H groups in total. The lowest BCUT2D eigenvalue weighted by molar-refractivity contribution is 0.569. The van der Waals surface area contributed by atoms with Crippen LogP contribution in [-0.4, -0.2) is 4.98 Å². The summed E-state index contributed by atoms with van der Waals surface area (Å²) in [7, 11) is 0. The third-order valence-electron chi connectivity index (χ3n) is 2.74. The fourth-order valence-electron chi connectivity index (χ4n) is 1.75. The Morgan fingerprint density at radius 2 is 2.00 bits per heavy atom. The first kappa shape index (κ1) is 13.0. The highest BCUT2D eigenvalue weighted by Crippen LogP contribution is 2.16. The lowest BCUT2D eigenvalue weighted by atomic mass is 10.1. The number of pyridine rings is 1. The van der Waals surface area contributed by atoms with E-state index in [-0.39, 0.29) is 11.9 Å².